The quantitative estimate of drug-likeness (QED) is 0.611. The average molecular weight is 145 g/mol. The third-order valence-electron chi connectivity index (χ3n) is 1.20. The van der Waals surface area contributed by atoms with Gasteiger partial charge in [0.05, 0.1) is 6.04 Å². The van der Waals surface area contributed by atoms with Crippen LogP contribution in [0, 0.1) is 0 Å². The topological polar surface area (TPSA) is 66.4 Å². The summed E-state index contributed by atoms with van der Waals surface area (Å²) in [6.45, 7) is 3.12. The number of carboxylic acid groups (broad SMARTS) is 1. The predicted octanol–water partition coefficient (Wildman–Crippen LogP) is 0.622. The van der Waals surface area contributed by atoms with E-state index >= 15 is 0 Å². The Morgan fingerprint density at radius 3 is 2.20 bits per heavy atom. The Morgan fingerprint density at radius 1 is 1.60 bits per heavy atom. The lowest BCUT2D eigenvalue weighted by atomic mass is 10.1. The summed E-state index contributed by atoms with van der Waals surface area (Å²) in [6.07, 6.45) is -0.649. The molecule has 0 spiro atoms. The molecule has 2 N–H and O–H groups in total. The summed E-state index contributed by atoms with van der Waals surface area (Å²) in [5.41, 5.74) is 0. The van der Waals surface area contributed by atoms with E-state index in [0.717, 1.165) is 0 Å². The smallest absolute Gasteiger partial charge is 0.405 e. The summed E-state index contributed by atoms with van der Waals surface area (Å²) in [7, 11) is 0. The maximum Gasteiger partial charge on any atom is 0.405 e. The van der Waals surface area contributed by atoms with Gasteiger partial charge in [-0.1, -0.05) is 6.92 Å². The molecule has 0 saturated carbocycles. The van der Waals surface area contributed by atoms with E-state index in [0.29, 0.717) is 6.42 Å². The first-order valence-corrected chi connectivity index (χ1v) is 3.07. The van der Waals surface area contributed by atoms with Gasteiger partial charge >= 0.3 is 6.09 Å². The van der Waals surface area contributed by atoms with Gasteiger partial charge in [0.15, 0.2) is 5.78 Å². The molecule has 0 aromatic heterocycles. The highest BCUT2D eigenvalue weighted by molar-refractivity contribution is 5.84. The van der Waals surface area contributed by atoms with Gasteiger partial charge < -0.3 is 10.4 Å². The Morgan fingerprint density at radius 2 is 2.10 bits per heavy atom. The Hall–Kier alpha value is -1.06. The van der Waals surface area contributed by atoms with Crippen molar-refractivity contribution in [1.82, 2.24) is 5.32 Å². The maximum atomic E-state index is 10.6. The van der Waals surface area contributed by atoms with Gasteiger partial charge in [-0.05, 0) is 13.3 Å². The van der Waals surface area contributed by atoms with Crippen molar-refractivity contribution in [1.29, 1.82) is 0 Å². The molecule has 0 aromatic carbocycles. The molecule has 0 radical (unpaired) electrons. The van der Waals surface area contributed by atoms with E-state index < -0.39 is 12.1 Å². The molecule has 10 heavy (non-hydrogen) atoms. The van der Waals surface area contributed by atoms with Gasteiger partial charge in [0, 0.05) is 0 Å². The molecule has 0 aliphatic rings. The molecular weight excluding hydrogens is 134 g/mol. The van der Waals surface area contributed by atoms with E-state index in [9.17, 15) is 9.59 Å². The van der Waals surface area contributed by atoms with E-state index in [1.807, 2.05) is 0 Å². The molecule has 1 unspecified atom stereocenters. The highest BCUT2D eigenvalue weighted by Crippen LogP contribution is 1.91. The molecule has 1 amide bonds. The lowest BCUT2D eigenvalue weighted by Crippen LogP contribution is -2.38. The van der Waals surface area contributed by atoms with Gasteiger partial charge in [0.25, 0.3) is 0 Å². The Labute approximate surface area is 59.2 Å². The van der Waals surface area contributed by atoms with Gasteiger partial charge in [-0.25, -0.2) is 4.79 Å². The third kappa shape index (κ3) is 3.06. The lowest BCUT2D eigenvalue weighted by molar-refractivity contribution is -0.118. The van der Waals surface area contributed by atoms with Crippen molar-refractivity contribution in [2.45, 2.75) is 26.3 Å². The van der Waals surface area contributed by atoms with Crippen LogP contribution >= 0.6 is 0 Å². The van der Waals surface area contributed by atoms with E-state index in [-0.39, 0.29) is 5.78 Å². The number of Topliss-reactive ketones (excluding diaryl/α,β-unsaturated/α-hetero) is 1. The van der Waals surface area contributed by atoms with Crippen LogP contribution in [-0.4, -0.2) is 23.0 Å². The fourth-order valence-corrected chi connectivity index (χ4v) is 0.640. The zero-order chi connectivity index (χ0) is 8.15. The summed E-state index contributed by atoms with van der Waals surface area (Å²) < 4.78 is 0. The van der Waals surface area contributed by atoms with E-state index in [4.69, 9.17) is 5.11 Å². The average Bonchev–Trinajstić information content (AvgIpc) is 1.81. The minimum Gasteiger partial charge on any atom is -0.465 e. The van der Waals surface area contributed by atoms with Crippen LogP contribution in [0.5, 0.6) is 0 Å². The predicted molar refractivity (Wildman–Crippen MR) is 35.9 cm³/mol. The molecule has 0 aliphatic heterocycles. The molecule has 0 aliphatic carbocycles. The number of amides is 1. The number of hydrogen-bond donors (Lipinski definition) is 2. The number of carbonyl (C=O) groups excluding carboxylic acids is 1. The zero-order valence-electron chi connectivity index (χ0n) is 6.05. The van der Waals surface area contributed by atoms with Gasteiger partial charge in [-0.15, -0.1) is 0 Å². The van der Waals surface area contributed by atoms with Crippen LogP contribution < -0.4 is 5.32 Å². The first-order chi connectivity index (χ1) is 4.57. The van der Waals surface area contributed by atoms with Crippen LogP contribution in [0.1, 0.15) is 20.3 Å². The molecule has 0 rings (SSSR count). The molecule has 58 valence electrons. The Balaban J connectivity index is 3.83. The first kappa shape index (κ1) is 8.94. The van der Waals surface area contributed by atoms with Gasteiger partial charge in [0.2, 0.25) is 0 Å². The summed E-state index contributed by atoms with van der Waals surface area (Å²) in [4.78, 5) is 20.6. The number of carbonyl (C=O) groups is 2. The molecule has 4 heteroatoms. The summed E-state index contributed by atoms with van der Waals surface area (Å²) in [5.74, 6) is -0.148. The van der Waals surface area contributed by atoms with Crippen molar-refractivity contribution in [3.63, 3.8) is 0 Å². The van der Waals surface area contributed by atoms with E-state index in [2.05, 4.69) is 5.32 Å². The summed E-state index contributed by atoms with van der Waals surface area (Å²) in [6, 6.07) is -0.544. The molecule has 0 heterocycles. The van der Waals surface area contributed by atoms with E-state index in [1.165, 1.54) is 6.92 Å². The van der Waals surface area contributed by atoms with Gasteiger partial charge in [-0.2, -0.15) is 0 Å². The second-order valence-corrected chi connectivity index (χ2v) is 2.02. The second-order valence-electron chi connectivity index (χ2n) is 2.02. The van der Waals surface area contributed by atoms with Crippen LogP contribution in [0.3, 0.4) is 0 Å². The summed E-state index contributed by atoms with van der Waals surface area (Å²) in [5, 5.41) is 10.3. The molecule has 0 saturated heterocycles. The highest BCUT2D eigenvalue weighted by atomic mass is 16.4. The van der Waals surface area contributed by atoms with Gasteiger partial charge in [-0.3, -0.25) is 4.79 Å². The van der Waals surface area contributed by atoms with E-state index in [1.54, 1.807) is 6.92 Å². The minimum absolute atomic E-state index is 0.148. The molecule has 0 fully saturated rings. The molecule has 0 aromatic rings. The summed E-state index contributed by atoms with van der Waals surface area (Å²) >= 11 is 0. The van der Waals surface area contributed by atoms with Crippen LogP contribution in [0.2, 0.25) is 0 Å². The largest absolute Gasteiger partial charge is 0.465 e. The van der Waals surface area contributed by atoms with Crippen molar-refractivity contribution >= 4 is 11.9 Å². The first-order valence-electron chi connectivity index (χ1n) is 3.07. The lowest BCUT2D eigenvalue weighted by Gasteiger charge is -2.09. The van der Waals surface area contributed by atoms with Crippen molar-refractivity contribution < 1.29 is 14.7 Å². The fourth-order valence-electron chi connectivity index (χ4n) is 0.640. The Kier molecular flexibility index (Phi) is 3.46. The third-order valence-corrected chi connectivity index (χ3v) is 1.20. The van der Waals surface area contributed by atoms with Crippen LogP contribution in [0.4, 0.5) is 4.79 Å². The second kappa shape index (κ2) is 3.87. The van der Waals surface area contributed by atoms with Crippen molar-refractivity contribution in [2.24, 2.45) is 0 Å². The van der Waals surface area contributed by atoms with Crippen molar-refractivity contribution in [3.8, 4) is 0 Å². The normalized spacial score (nSPS) is 12.2. The van der Waals surface area contributed by atoms with Crippen LogP contribution in [-0.2, 0) is 4.79 Å². The number of rotatable bonds is 3. The number of hydrogen-bond acceptors (Lipinski definition) is 2. The zero-order valence-corrected chi connectivity index (χ0v) is 6.05. The SMILES string of the molecule is CCC(NC(=O)O)C(C)=O. The molecule has 0 bridgehead atoms. The maximum absolute atomic E-state index is 10.6. The van der Waals surface area contributed by atoms with Crippen molar-refractivity contribution in [3.05, 3.63) is 0 Å². The highest BCUT2D eigenvalue weighted by Gasteiger charge is 2.12. The molecule has 4 nitrogen and oxygen atoms in total. The fraction of sp³-hybridized carbons (Fsp3) is 0.667. The van der Waals surface area contributed by atoms with Gasteiger partial charge in [0.1, 0.15) is 0 Å². The van der Waals surface area contributed by atoms with Crippen LogP contribution in [0.25, 0.3) is 0 Å². The monoisotopic (exact) mass is 145 g/mol. The van der Waals surface area contributed by atoms with Crippen LogP contribution in [0.15, 0.2) is 0 Å². The standard InChI is InChI=1S/C6H11NO3/c1-3-5(4(2)8)7-6(9)10/h5,7H,3H2,1-2H3,(H,9,10). The van der Waals surface area contributed by atoms with Crippen molar-refractivity contribution in [2.75, 3.05) is 0 Å². The minimum atomic E-state index is -1.15. The number of nitrogens with one attached hydrogen (secondary N) is 1. The Bertz CT molecular complexity index is 144. The number of ketones is 1. The molecule has 1 atom stereocenters. The molecular formula is C6H11NO3.